The largest absolute Gasteiger partial charge is 0.478 e. The van der Waals surface area contributed by atoms with Crippen LogP contribution in [-0.4, -0.2) is 54.2 Å². The van der Waals surface area contributed by atoms with Crippen molar-refractivity contribution in [2.45, 2.75) is 18.9 Å². The van der Waals surface area contributed by atoms with E-state index >= 15 is 0 Å². The van der Waals surface area contributed by atoms with E-state index in [1.54, 1.807) is 15.6 Å². The first-order valence-electron chi connectivity index (χ1n) is 8.08. The molecule has 25 heavy (non-hydrogen) atoms. The summed E-state index contributed by atoms with van der Waals surface area (Å²) in [6, 6.07) is 9.96. The first-order chi connectivity index (χ1) is 12.2. The third-order valence-electron chi connectivity index (χ3n) is 4.42. The molecule has 0 spiro atoms. The summed E-state index contributed by atoms with van der Waals surface area (Å²) < 4.78 is 3.48. The first kappa shape index (κ1) is 15.3. The minimum absolute atomic E-state index is 0.186. The molecule has 1 aliphatic rings. The van der Waals surface area contributed by atoms with E-state index < -0.39 is 5.97 Å². The molecule has 1 aromatic carbocycles. The molecule has 0 amide bonds. The van der Waals surface area contributed by atoms with Crippen LogP contribution in [0.4, 0.5) is 5.95 Å². The van der Waals surface area contributed by atoms with Crippen molar-refractivity contribution in [3.8, 4) is 5.69 Å². The minimum Gasteiger partial charge on any atom is -0.478 e. The van der Waals surface area contributed by atoms with Gasteiger partial charge in [-0.25, -0.2) is 4.79 Å². The topological polar surface area (TPSA) is 102 Å². The van der Waals surface area contributed by atoms with E-state index in [1.165, 1.54) is 6.20 Å². The molecule has 0 bridgehead atoms. The number of tetrazole rings is 1. The molecule has 4 rings (SSSR count). The van der Waals surface area contributed by atoms with Crippen LogP contribution in [0.3, 0.4) is 0 Å². The molecule has 0 aliphatic carbocycles. The average Bonchev–Trinajstić information content (AvgIpc) is 3.32. The van der Waals surface area contributed by atoms with Crippen LogP contribution in [0.25, 0.3) is 5.69 Å². The summed E-state index contributed by atoms with van der Waals surface area (Å²) in [6.45, 7) is 1.56. The van der Waals surface area contributed by atoms with Crippen molar-refractivity contribution in [3.05, 3.63) is 48.3 Å². The van der Waals surface area contributed by atoms with Gasteiger partial charge in [-0.05, 0) is 35.4 Å². The highest BCUT2D eigenvalue weighted by atomic mass is 16.4. The van der Waals surface area contributed by atoms with Crippen LogP contribution in [-0.2, 0) is 0 Å². The number of aromatic nitrogens is 6. The lowest BCUT2D eigenvalue weighted by Gasteiger charge is -2.32. The van der Waals surface area contributed by atoms with Crippen LogP contribution in [0.5, 0.6) is 0 Å². The zero-order valence-electron chi connectivity index (χ0n) is 13.4. The SMILES string of the molecule is O=C(O)c1cnn(C2CCN(c3nnnn3-c3ccccc3)CC2)c1. The summed E-state index contributed by atoms with van der Waals surface area (Å²) in [6.07, 6.45) is 4.69. The molecule has 0 unspecified atom stereocenters. The Morgan fingerprint density at radius 3 is 2.60 bits per heavy atom. The molecule has 128 valence electrons. The van der Waals surface area contributed by atoms with E-state index in [1.807, 2.05) is 30.3 Å². The van der Waals surface area contributed by atoms with Gasteiger partial charge in [0.15, 0.2) is 0 Å². The predicted octanol–water partition coefficient (Wildman–Crippen LogP) is 1.40. The van der Waals surface area contributed by atoms with Crippen molar-refractivity contribution in [3.63, 3.8) is 0 Å². The van der Waals surface area contributed by atoms with Gasteiger partial charge in [-0.3, -0.25) is 4.68 Å². The summed E-state index contributed by atoms with van der Waals surface area (Å²) >= 11 is 0. The van der Waals surface area contributed by atoms with Crippen LogP contribution < -0.4 is 4.90 Å². The molecule has 1 aliphatic heterocycles. The lowest BCUT2D eigenvalue weighted by atomic mass is 10.1. The number of rotatable bonds is 4. The number of para-hydroxylation sites is 1. The van der Waals surface area contributed by atoms with E-state index in [-0.39, 0.29) is 11.6 Å². The van der Waals surface area contributed by atoms with Gasteiger partial charge in [0.25, 0.3) is 0 Å². The van der Waals surface area contributed by atoms with Gasteiger partial charge in [-0.15, -0.1) is 0 Å². The zero-order valence-corrected chi connectivity index (χ0v) is 13.4. The lowest BCUT2D eigenvalue weighted by molar-refractivity contribution is 0.0696. The molecule has 1 N–H and O–H groups in total. The van der Waals surface area contributed by atoms with Gasteiger partial charge in [0.2, 0.25) is 5.95 Å². The molecule has 1 fully saturated rings. The van der Waals surface area contributed by atoms with Crippen LogP contribution in [0.2, 0.25) is 0 Å². The fraction of sp³-hybridized carbons (Fsp3) is 0.312. The number of hydrogen-bond acceptors (Lipinski definition) is 6. The molecular weight excluding hydrogens is 322 g/mol. The molecule has 0 saturated carbocycles. The Kier molecular flexibility index (Phi) is 3.88. The second-order valence-electron chi connectivity index (χ2n) is 5.96. The van der Waals surface area contributed by atoms with Gasteiger partial charge in [0, 0.05) is 19.3 Å². The number of carbonyl (C=O) groups is 1. The number of carboxylic acid groups (broad SMARTS) is 1. The Morgan fingerprint density at radius 1 is 1.16 bits per heavy atom. The second kappa shape index (κ2) is 6.34. The van der Waals surface area contributed by atoms with Gasteiger partial charge in [-0.2, -0.15) is 9.78 Å². The molecule has 9 heteroatoms. The van der Waals surface area contributed by atoms with E-state index in [9.17, 15) is 4.79 Å². The first-order valence-corrected chi connectivity index (χ1v) is 8.08. The van der Waals surface area contributed by atoms with E-state index in [0.717, 1.165) is 37.6 Å². The highest BCUT2D eigenvalue weighted by Gasteiger charge is 2.25. The number of hydrogen-bond donors (Lipinski definition) is 1. The lowest BCUT2D eigenvalue weighted by Crippen LogP contribution is -2.36. The van der Waals surface area contributed by atoms with E-state index in [0.29, 0.717) is 0 Å². The Balaban J connectivity index is 1.47. The van der Waals surface area contributed by atoms with Gasteiger partial charge < -0.3 is 10.0 Å². The van der Waals surface area contributed by atoms with Gasteiger partial charge >= 0.3 is 5.97 Å². The Hall–Kier alpha value is -3.23. The fourth-order valence-corrected chi connectivity index (χ4v) is 3.09. The fourth-order valence-electron chi connectivity index (χ4n) is 3.09. The van der Waals surface area contributed by atoms with Crippen molar-refractivity contribution in [1.82, 2.24) is 30.0 Å². The Labute approximate surface area is 143 Å². The quantitative estimate of drug-likeness (QED) is 0.766. The summed E-state index contributed by atoms with van der Waals surface area (Å²) in [5.41, 5.74) is 1.14. The second-order valence-corrected chi connectivity index (χ2v) is 5.96. The van der Waals surface area contributed by atoms with E-state index in [2.05, 4.69) is 25.5 Å². The minimum atomic E-state index is -0.953. The Morgan fingerprint density at radius 2 is 1.92 bits per heavy atom. The van der Waals surface area contributed by atoms with Crippen molar-refractivity contribution in [1.29, 1.82) is 0 Å². The average molecular weight is 339 g/mol. The molecular formula is C16H17N7O2. The van der Waals surface area contributed by atoms with Crippen LogP contribution in [0.1, 0.15) is 29.2 Å². The normalized spacial score (nSPS) is 15.4. The smallest absolute Gasteiger partial charge is 0.338 e. The number of nitrogens with zero attached hydrogens (tertiary/aromatic N) is 7. The Bertz CT molecular complexity index is 866. The maximum Gasteiger partial charge on any atom is 0.338 e. The standard InChI is InChI=1S/C16H17N7O2/c24-15(25)12-10-17-22(11-12)13-6-8-21(9-7-13)16-18-19-20-23(16)14-4-2-1-3-5-14/h1-5,10-11,13H,6-9H2,(H,24,25). The number of piperidine rings is 1. The summed E-state index contributed by atoms with van der Waals surface area (Å²) in [5.74, 6) is -0.234. The number of benzene rings is 1. The highest BCUT2D eigenvalue weighted by Crippen LogP contribution is 2.26. The number of anilines is 1. The van der Waals surface area contributed by atoms with Crippen molar-refractivity contribution < 1.29 is 9.90 Å². The monoisotopic (exact) mass is 339 g/mol. The summed E-state index contributed by atoms with van der Waals surface area (Å²) in [7, 11) is 0. The zero-order chi connectivity index (χ0) is 17.2. The molecule has 1 saturated heterocycles. The van der Waals surface area contributed by atoms with Crippen LogP contribution in [0.15, 0.2) is 42.7 Å². The molecule has 0 atom stereocenters. The third kappa shape index (κ3) is 2.95. The van der Waals surface area contributed by atoms with E-state index in [4.69, 9.17) is 5.11 Å². The summed E-state index contributed by atoms with van der Waals surface area (Å²) in [4.78, 5) is 13.1. The third-order valence-corrected chi connectivity index (χ3v) is 4.42. The predicted molar refractivity (Wildman–Crippen MR) is 88.8 cm³/mol. The van der Waals surface area contributed by atoms with Gasteiger partial charge in [-0.1, -0.05) is 23.3 Å². The molecule has 9 nitrogen and oxygen atoms in total. The molecule has 3 aromatic rings. The van der Waals surface area contributed by atoms with Crippen LogP contribution >= 0.6 is 0 Å². The highest BCUT2D eigenvalue weighted by molar-refractivity contribution is 5.86. The van der Waals surface area contributed by atoms with Crippen molar-refractivity contribution in [2.24, 2.45) is 0 Å². The molecule has 2 aromatic heterocycles. The number of carboxylic acids is 1. The van der Waals surface area contributed by atoms with Gasteiger partial charge in [0.05, 0.1) is 23.5 Å². The van der Waals surface area contributed by atoms with Crippen molar-refractivity contribution >= 4 is 11.9 Å². The molecule has 0 radical (unpaired) electrons. The van der Waals surface area contributed by atoms with Gasteiger partial charge in [0.1, 0.15) is 0 Å². The number of aromatic carboxylic acids is 1. The van der Waals surface area contributed by atoms with Crippen LogP contribution in [0, 0.1) is 0 Å². The van der Waals surface area contributed by atoms with Crippen molar-refractivity contribution in [2.75, 3.05) is 18.0 Å². The summed E-state index contributed by atoms with van der Waals surface area (Å²) in [5, 5.41) is 25.3. The maximum atomic E-state index is 11.0. The maximum absolute atomic E-state index is 11.0. The molecule has 3 heterocycles.